The Morgan fingerprint density at radius 1 is 1.24 bits per heavy atom. The van der Waals surface area contributed by atoms with Crippen molar-refractivity contribution < 1.29 is 19.1 Å². The number of ether oxygens (including phenoxy) is 2. The van der Waals surface area contributed by atoms with Crippen LogP contribution in [0.25, 0.3) is 0 Å². The molecule has 0 aliphatic carbocycles. The fraction of sp³-hybridized carbons (Fsp3) is 0.500. The highest BCUT2D eigenvalue weighted by Crippen LogP contribution is 2.27. The van der Waals surface area contributed by atoms with Crippen LogP contribution >= 0.6 is 24.0 Å². The van der Waals surface area contributed by atoms with E-state index in [1.54, 1.807) is 27.0 Å². The molecule has 1 rings (SSSR count). The monoisotopic (exact) mass is 335 g/mol. The van der Waals surface area contributed by atoms with Gasteiger partial charge in [-0.15, -0.1) is 24.0 Å². The number of aromatic nitrogens is 1. The van der Waals surface area contributed by atoms with Crippen LogP contribution in [0.3, 0.4) is 0 Å². The fourth-order valence-electron chi connectivity index (χ4n) is 1.53. The Morgan fingerprint density at radius 2 is 1.86 bits per heavy atom. The number of pyridine rings is 1. The first kappa shape index (κ1) is 19.7. The molecule has 1 aromatic rings. The highest BCUT2D eigenvalue weighted by molar-refractivity contribution is 6.17. The van der Waals surface area contributed by atoms with Crippen LogP contribution in [0.1, 0.15) is 43.5 Å². The van der Waals surface area contributed by atoms with Crippen molar-refractivity contribution in [1.82, 2.24) is 4.98 Å². The lowest BCUT2D eigenvalue weighted by Gasteiger charge is -2.15. The second-order valence-electron chi connectivity index (χ2n) is 4.15. The minimum atomic E-state index is -0.371. The second-order valence-corrected chi connectivity index (χ2v) is 4.42. The van der Waals surface area contributed by atoms with Crippen molar-refractivity contribution >= 4 is 35.9 Å². The average Bonchev–Trinajstić information content (AvgIpc) is 2.47. The number of rotatable bonds is 6. The van der Waals surface area contributed by atoms with Crippen molar-refractivity contribution in [3.05, 3.63) is 23.0 Å². The van der Waals surface area contributed by atoms with Crippen molar-refractivity contribution in [1.29, 1.82) is 0 Å². The highest BCUT2D eigenvalue weighted by Gasteiger charge is 2.17. The molecule has 0 N–H and O–H groups in total. The van der Waals surface area contributed by atoms with E-state index in [1.165, 1.54) is 0 Å². The molecule has 0 aliphatic rings. The van der Waals surface area contributed by atoms with Gasteiger partial charge in [-0.3, -0.25) is 14.6 Å². The molecule has 7 heteroatoms. The van der Waals surface area contributed by atoms with Gasteiger partial charge in [0.1, 0.15) is 6.61 Å². The van der Waals surface area contributed by atoms with E-state index in [0.717, 1.165) is 0 Å². The summed E-state index contributed by atoms with van der Waals surface area (Å²) in [7, 11) is 0. The van der Waals surface area contributed by atoms with Crippen LogP contribution in [0.5, 0.6) is 5.75 Å². The minimum Gasteiger partial charge on any atom is -0.461 e. The number of halogens is 2. The minimum absolute atomic E-state index is 0. The maximum absolute atomic E-state index is 11.5. The molecule has 1 heterocycles. The van der Waals surface area contributed by atoms with Gasteiger partial charge in [-0.05, 0) is 12.5 Å². The van der Waals surface area contributed by atoms with Gasteiger partial charge in [0.2, 0.25) is 0 Å². The Bertz CT molecular complexity index is 506. The van der Waals surface area contributed by atoms with Crippen LogP contribution < -0.4 is 4.74 Å². The molecule has 0 radical (unpaired) electrons. The Kier molecular flexibility index (Phi) is 8.97. The molecule has 0 saturated carbocycles. The summed E-state index contributed by atoms with van der Waals surface area (Å²) in [4.78, 5) is 26.9. The normalized spacial score (nSPS) is 9.71. The van der Waals surface area contributed by atoms with E-state index in [4.69, 9.17) is 21.1 Å². The second kappa shape index (κ2) is 9.58. The number of carbonyl (C=O) groups is 2. The van der Waals surface area contributed by atoms with Crippen molar-refractivity contribution in [2.24, 2.45) is 0 Å². The third kappa shape index (κ3) is 5.52. The van der Waals surface area contributed by atoms with Gasteiger partial charge < -0.3 is 9.47 Å². The van der Waals surface area contributed by atoms with Crippen molar-refractivity contribution in [3.63, 3.8) is 0 Å². The van der Waals surface area contributed by atoms with Gasteiger partial charge in [0.15, 0.2) is 5.75 Å². The van der Waals surface area contributed by atoms with Gasteiger partial charge in [-0.2, -0.15) is 0 Å². The van der Waals surface area contributed by atoms with Gasteiger partial charge in [0.25, 0.3) is 0 Å². The van der Waals surface area contributed by atoms with Crippen molar-refractivity contribution in [2.45, 2.75) is 46.1 Å². The summed E-state index contributed by atoms with van der Waals surface area (Å²) in [5, 5.41) is 0. The lowest BCUT2D eigenvalue weighted by Crippen LogP contribution is -2.13. The molecule has 21 heavy (non-hydrogen) atoms. The molecule has 0 fully saturated rings. The molecule has 0 aliphatic heterocycles. The Labute approximate surface area is 135 Å². The Hall–Kier alpha value is -1.33. The van der Waals surface area contributed by atoms with Crippen molar-refractivity contribution in [3.8, 4) is 5.75 Å². The molecule has 1 aromatic heterocycles. The smallest absolute Gasteiger partial charge is 0.310 e. The molecule has 0 amide bonds. The SMILES string of the molecule is CCC(=O)OCc1c(CCl)cnc(C)c1OC(=O)CC.Cl. The third-order valence-electron chi connectivity index (χ3n) is 2.72. The number of nitrogens with zero attached hydrogens (tertiary/aromatic N) is 1. The predicted octanol–water partition coefficient (Wildman–Crippen LogP) is 3.32. The largest absolute Gasteiger partial charge is 0.461 e. The number of carbonyl (C=O) groups excluding carboxylic acids is 2. The first-order valence-corrected chi connectivity index (χ1v) is 6.96. The molecule has 0 bridgehead atoms. The number of alkyl halides is 1. The van der Waals surface area contributed by atoms with Crippen LogP contribution in [0.2, 0.25) is 0 Å². The molecule has 0 aromatic carbocycles. The summed E-state index contributed by atoms with van der Waals surface area (Å²) in [6, 6.07) is 0. The fourth-order valence-corrected chi connectivity index (χ4v) is 1.76. The van der Waals surface area contributed by atoms with E-state index in [-0.39, 0.29) is 49.7 Å². The van der Waals surface area contributed by atoms with Crippen LogP contribution in [-0.4, -0.2) is 16.9 Å². The van der Waals surface area contributed by atoms with E-state index in [2.05, 4.69) is 4.98 Å². The maximum Gasteiger partial charge on any atom is 0.310 e. The predicted molar refractivity (Wildman–Crippen MR) is 81.8 cm³/mol. The van der Waals surface area contributed by atoms with Crippen molar-refractivity contribution in [2.75, 3.05) is 0 Å². The zero-order valence-corrected chi connectivity index (χ0v) is 13.8. The number of hydrogen-bond donors (Lipinski definition) is 0. The lowest BCUT2D eigenvalue weighted by atomic mass is 10.1. The average molecular weight is 336 g/mol. The van der Waals surface area contributed by atoms with E-state index in [9.17, 15) is 9.59 Å². The summed E-state index contributed by atoms with van der Waals surface area (Å²) >= 11 is 5.86. The van der Waals surface area contributed by atoms with E-state index >= 15 is 0 Å². The molecule has 0 unspecified atom stereocenters. The molecular formula is C14H19Cl2NO4. The molecule has 0 spiro atoms. The maximum atomic E-state index is 11.5. The quantitative estimate of drug-likeness (QED) is 0.589. The molecule has 5 nitrogen and oxygen atoms in total. The topological polar surface area (TPSA) is 65.5 Å². The van der Waals surface area contributed by atoms with E-state index < -0.39 is 0 Å². The van der Waals surface area contributed by atoms with Gasteiger partial charge in [-0.1, -0.05) is 13.8 Å². The number of esters is 2. The standard InChI is InChI=1S/C14H18ClNO4.ClH/c1-4-12(17)19-8-11-10(6-15)7-16-9(3)14(11)20-13(18)5-2;/h7H,4-6,8H2,1-3H3;1H. The lowest BCUT2D eigenvalue weighted by molar-refractivity contribution is -0.144. The van der Waals surface area contributed by atoms with Gasteiger partial charge >= 0.3 is 11.9 Å². The molecule has 0 saturated heterocycles. The van der Waals surface area contributed by atoms with Crippen LogP contribution in [-0.2, 0) is 26.8 Å². The number of aryl methyl sites for hydroxylation is 1. The number of hydrogen-bond acceptors (Lipinski definition) is 5. The molecular weight excluding hydrogens is 317 g/mol. The highest BCUT2D eigenvalue weighted by atomic mass is 35.5. The summed E-state index contributed by atoms with van der Waals surface area (Å²) in [5.74, 6) is -0.167. The molecule has 118 valence electrons. The van der Waals surface area contributed by atoms with E-state index in [1.807, 2.05) is 0 Å². The zero-order valence-electron chi connectivity index (χ0n) is 12.3. The molecule has 0 atom stereocenters. The Morgan fingerprint density at radius 3 is 2.38 bits per heavy atom. The van der Waals surface area contributed by atoms with E-state index in [0.29, 0.717) is 22.6 Å². The first-order chi connectivity index (χ1) is 9.53. The van der Waals surface area contributed by atoms with Crippen LogP contribution in [0.15, 0.2) is 6.20 Å². The third-order valence-corrected chi connectivity index (χ3v) is 3.01. The summed E-state index contributed by atoms with van der Waals surface area (Å²) in [6.07, 6.45) is 2.13. The summed E-state index contributed by atoms with van der Waals surface area (Å²) < 4.78 is 10.4. The van der Waals surface area contributed by atoms with Gasteiger partial charge in [0, 0.05) is 30.5 Å². The summed E-state index contributed by atoms with van der Waals surface area (Å²) in [5.41, 5.74) is 1.83. The summed E-state index contributed by atoms with van der Waals surface area (Å²) in [6.45, 7) is 5.15. The Balaban J connectivity index is 0.00000400. The zero-order chi connectivity index (χ0) is 15.1. The van der Waals surface area contributed by atoms with Crippen LogP contribution in [0, 0.1) is 6.92 Å². The van der Waals surface area contributed by atoms with Crippen LogP contribution in [0.4, 0.5) is 0 Å². The van der Waals surface area contributed by atoms with Gasteiger partial charge in [0.05, 0.1) is 5.69 Å². The van der Waals surface area contributed by atoms with Gasteiger partial charge in [-0.25, -0.2) is 0 Å². The first-order valence-electron chi connectivity index (χ1n) is 6.43.